The summed E-state index contributed by atoms with van der Waals surface area (Å²) >= 11 is 5.52. The van der Waals surface area contributed by atoms with Gasteiger partial charge in [0.05, 0.1) is 22.1 Å². The van der Waals surface area contributed by atoms with E-state index in [2.05, 4.69) is 85.4 Å². The number of thiophene rings is 3. The van der Waals surface area contributed by atoms with Gasteiger partial charge in [-0.05, 0) is 80.1 Å². The molecule has 0 atom stereocenters. The van der Waals surface area contributed by atoms with Crippen LogP contribution in [0.2, 0.25) is 0 Å². The van der Waals surface area contributed by atoms with E-state index >= 15 is 0 Å². The van der Waals surface area contributed by atoms with E-state index in [-0.39, 0.29) is 0 Å². The zero-order valence-corrected chi connectivity index (χ0v) is 28.1. The fourth-order valence-electron chi connectivity index (χ4n) is 6.29. The summed E-state index contributed by atoms with van der Waals surface area (Å²) in [5.74, 6) is 0. The lowest BCUT2D eigenvalue weighted by Gasteiger charge is -2.00. The number of aryl methyl sites for hydroxylation is 2. The van der Waals surface area contributed by atoms with Crippen LogP contribution in [0.15, 0.2) is 132 Å². The highest BCUT2D eigenvalue weighted by molar-refractivity contribution is 7.27. The van der Waals surface area contributed by atoms with Gasteiger partial charge in [-0.25, -0.2) is 0 Å². The summed E-state index contributed by atoms with van der Waals surface area (Å²) in [5.41, 5.74) is 11.1. The van der Waals surface area contributed by atoms with E-state index in [4.69, 9.17) is 10.2 Å². The molecule has 0 aliphatic carbocycles. The molecule has 0 aliphatic heterocycles. The Morgan fingerprint density at radius 3 is 1.62 bits per heavy atom. The van der Waals surface area contributed by atoms with Gasteiger partial charge in [-0.15, -0.1) is 34.0 Å². The van der Waals surface area contributed by atoms with Crippen LogP contribution in [0.3, 0.4) is 0 Å². The van der Waals surface area contributed by atoms with E-state index in [1.165, 1.54) is 61.6 Å². The maximum absolute atomic E-state index is 5.06. The first-order chi connectivity index (χ1) is 23.1. The van der Waals surface area contributed by atoms with E-state index in [0.29, 0.717) is 0 Å². The third kappa shape index (κ3) is 4.95. The molecule has 0 radical (unpaired) electrons. The predicted octanol–water partition coefficient (Wildman–Crippen LogP) is 11.2. The molecule has 7 heteroatoms. The van der Waals surface area contributed by atoms with Crippen molar-refractivity contribution in [3.63, 3.8) is 0 Å². The van der Waals surface area contributed by atoms with Crippen LogP contribution in [-0.2, 0) is 0 Å². The average Bonchev–Trinajstić information content (AvgIpc) is 3.91. The molecule has 3 heterocycles. The van der Waals surface area contributed by atoms with E-state index in [9.17, 15) is 0 Å². The number of hydrogen-bond acceptors (Lipinski definition) is 7. The normalized spacial score (nSPS) is 12.7. The van der Waals surface area contributed by atoms with Gasteiger partial charge in [-0.3, -0.25) is 10.9 Å². The molecule has 0 saturated heterocycles. The van der Waals surface area contributed by atoms with Crippen LogP contribution in [0.1, 0.15) is 10.4 Å². The van der Waals surface area contributed by atoms with Gasteiger partial charge >= 0.3 is 0 Å². The van der Waals surface area contributed by atoms with Crippen molar-refractivity contribution >= 4 is 87.1 Å². The number of rotatable bonds is 6. The molecule has 47 heavy (non-hydrogen) atoms. The number of fused-ring (bicyclic) bond motifs is 6. The third-order valence-corrected chi connectivity index (χ3v) is 12.2. The molecular weight excluding hydrogens is 633 g/mol. The molecule has 226 valence electrons. The van der Waals surface area contributed by atoms with Crippen molar-refractivity contribution in [3.05, 3.63) is 142 Å². The molecule has 6 aromatic carbocycles. The second-order valence-corrected chi connectivity index (χ2v) is 15.2. The summed E-state index contributed by atoms with van der Waals surface area (Å²) in [4.78, 5) is 5.08. The summed E-state index contributed by atoms with van der Waals surface area (Å²) in [6, 6.07) is 42.9. The number of nitrogens with one attached hydrogen (secondary N) is 2. The highest BCUT2D eigenvalue weighted by Gasteiger charge is 2.19. The molecule has 2 N–H and O–H groups in total. The second kappa shape index (κ2) is 11.3. The van der Waals surface area contributed by atoms with Gasteiger partial charge in [0.15, 0.2) is 0 Å². The second-order valence-electron chi connectivity index (χ2n) is 11.8. The first-order valence-electron chi connectivity index (χ1n) is 15.5. The molecular formula is C40H28N4S3. The van der Waals surface area contributed by atoms with Crippen molar-refractivity contribution in [1.82, 2.24) is 0 Å². The molecule has 9 aromatic rings. The summed E-state index contributed by atoms with van der Waals surface area (Å²) in [7, 11) is 0. The van der Waals surface area contributed by atoms with Crippen LogP contribution in [0.4, 0.5) is 11.4 Å². The fourth-order valence-corrected chi connectivity index (χ4v) is 9.61. The Bertz CT molecular complexity index is 2690. The minimum absolute atomic E-state index is 0.963. The Hall–Kier alpha value is -5.08. The number of para-hydroxylation sites is 2. The van der Waals surface area contributed by atoms with Crippen molar-refractivity contribution in [2.24, 2.45) is 10.2 Å². The lowest BCUT2D eigenvalue weighted by molar-refractivity contribution is 1.25. The van der Waals surface area contributed by atoms with E-state index < -0.39 is 0 Å². The Labute approximate surface area is 283 Å². The lowest BCUT2D eigenvalue weighted by atomic mass is 10.1. The number of benzene rings is 4. The van der Waals surface area contributed by atoms with Gasteiger partial charge in [0.1, 0.15) is 0 Å². The summed E-state index contributed by atoms with van der Waals surface area (Å²) in [6.45, 7) is 4.30. The Kier molecular flexibility index (Phi) is 6.78. The largest absolute Gasteiger partial charge is 0.278 e. The Balaban J connectivity index is 1.26. The molecule has 3 aromatic heterocycles. The molecule has 0 saturated carbocycles. The van der Waals surface area contributed by atoms with E-state index in [0.717, 1.165) is 32.9 Å². The van der Waals surface area contributed by atoms with Crippen molar-refractivity contribution in [3.8, 4) is 20.2 Å². The quantitative estimate of drug-likeness (QED) is 0.174. The minimum atomic E-state index is 0.963. The highest BCUT2D eigenvalue weighted by Crippen LogP contribution is 2.43. The third-order valence-electron chi connectivity index (χ3n) is 8.58. The van der Waals surface area contributed by atoms with E-state index in [1.807, 2.05) is 94.7 Å². The van der Waals surface area contributed by atoms with Gasteiger partial charge in [-0.1, -0.05) is 66.2 Å². The smallest absolute Gasteiger partial charge is 0.0999 e. The topological polar surface area (TPSA) is 48.8 Å². The molecule has 0 fully saturated rings. The zero-order valence-electron chi connectivity index (χ0n) is 25.7. The monoisotopic (exact) mass is 660 g/mol. The van der Waals surface area contributed by atoms with Gasteiger partial charge < -0.3 is 0 Å². The minimum Gasteiger partial charge on any atom is -0.278 e. The summed E-state index contributed by atoms with van der Waals surface area (Å²) < 4.78 is 2.51. The zero-order chi connectivity index (χ0) is 31.5. The number of hydrogen-bond donors (Lipinski definition) is 2. The SMILES string of the molecule is Cc1ccc(-c2ccc(-c3cc4/c(=N\Nc5ccccc5)c5cc6c(cc5c4s3)/c(=N/Nc3ccccc3)c3cc(C)sc36)s2)cc1. The van der Waals surface area contributed by atoms with Gasteiger partial charge in [0.2, 0.25) is 0 Å². The first kappa shape index (κ1) is 28.2. The highest BCUT2D eigenvalue weighted by atomic mass is 32.1. The number of nitrogens with zero attached hydrogens (tertiary/aromatic N) is 2. The van der Waals surface area contributed by atoms with Crippen LogP contribution < -0.4 is 21.6 Å². The molecule has 0 amide bonds. The number of anilines is 2. The van der Waals surface area contributed by atoms with Crippen molar-refractivity contribution in [2.75, 3.05) is 10.9 Å². The predicted molar refractivity (Wildman–Crippen MR) is 204 cm³/mol. The van der Waals surface area contributed by atoms with Gasteiger partial charge in [0, 0.05) is 61.2 Å². The van der Waals surface area contributed by atoms with Crippen LogP contribution in [0.25, 0.3) is 61.9 Å². The molecule has 9 rings (SSSR count). The van der Waals surface area contributed by atoms with Crippen LogP contribution >= 0.6 is 34.0 Å². The maximum atomic E-state index is 5.06. The Morgan fingerprint density at radius 2 is 1.00 bits per heavy atom. The van der Waals surface area contributed by atoms with Gasteiger partial charge in [-0.2, -0.15) is 10.2 Å². The molecule has 0 aliphatic rings. The van der Waals surface area contributed by atoms with Crippen molar-refractivity contribution < 1.29 is 0 Å². The maximum Gasteiger partial charge on any atom is 0.0999 e. The first-order valence-corrected chi connectivity index (χ1v) is 17.9. The van der Waals surface area contributed by atoms with Crippen molar-refractivity contribution in [1.29, 1.82) is 0 Å². The molecule has 0 spiro atoms. The lowest BCUT2D eigenvalue weighted by Crippen LogP contribution is -2.05. The van der Waals surface area contributed by atoms with Crippen LogP contribution in [0, 0.1) is 13.8 Å². The molecule has 4 nitrogen and oxygen atoms in total. The Morgan fingerprint density at radius 1 is 0.447 bits per heavy atom. The van der Waals surface area contributed by atoms with E-state index in [1.54, 1.807) is 0 Å². The van der Waals surface area contributed by atoms with Crippen LogP contribution in [-0.4, -0.2) is 0 Å². The molecule has 0 bridgehead atoms. The van der Waals surface area contributed by atoms with Gasteiger partial charge in [0.25, 0.3) is 0 Å². The standard InChI is InChI=1S/C40H28N4S3/c1-23-13-15-25(16-14-23)34-17-18-35(46-34)36-22-33-38(44-42-27-11-7-4-8-12-27)29-20-30-28(21-31(29)40(33)47-36)37(32-19-24(2)45-39(30)32)43-41-26-9-5-3-6-10-26/h3-22,41-42H,1-2H3/b43-37-,44-38-. The fraction of sp³-hybridized carbons (Fsp3) is 0.0500. The van der Waals surface area contributed by atoms with Crippen molar-refractivity contribution in [2.45, 2.75) is 13.8 Å². The average molecular weight is 661 g/mol. The summed E-state index contributed by atoms with van der Waals surface area (Å²) in [5, 5.41) is 19.1. The molecule has 0 unspecified atom stereocenters. The summed E-state index contributed by atoms with van der Waals surface area (Å²) in [6.07, 6.45) is 0. The van der Waals surface area contributed by atoms with Crippen LogP contribution in [0.5, 0.6) is 0 Å².